The second-order valence-corrected chi connectivity index (χ2v) is 5.23. The van der Waals surface area contributed by atoms with Gasteiger partial charge in [0, 0.05) is 6.07 Å². The third kappa shape index (κ3) is 2.57. The van der Waals surface area contributed by atoms with Gasteiger partial charge in [-0.3, -0.25) is 4.79 Å². The van der Waals surface area contributed by atoms with Crippen molar-refractivity contribution in [2.24, 2.45) is 0 Å². The number of ketones is 1. The van der Waals surface area contributed by atoms with E-state index in [-0.39, 0.29) is 5.78 Å². The molecule has 0 radical (unpaired) electrons. The highest BCUT2D eigenvalue weighted by atomic mass is 32.1. The van der Waals surface area contributed by atoms with Crippen molar-refractivity contribution in [3.8, 4) is 17.4 Å². The highest BCUT2D eigenvalue weighted by Crippen LogP contribution is 2.33. The van der Waals surface area contributed by atoms with E-state index in [9.17, 15) is 4.79 Å². The standard InChI is InChI=1S/C15H12N2O3S/c1-9(18)11-4-3-10(19-2)7-13(11)20-14-12-5-6-21-15(12)17-8-16-14/h3-8H,1-2H3. The quantitative estimate of drug-likeness (QED) is 0.688. The van der Waals surface area contributed by atoms with Crippen molar-refractivity contribution in [3.63, 3.8) is 0 Å². The normalized spacial score (nSPS) is 10.6. The number of fused-ring (bicyclic) bond motifs is 1. The Kier molecular flexibility index (Phi) is 3.53. The van der Waals surface area contributed by atoms with Crippen LogP contribution in [0.15, 0.2) is 36.0 Å². The van der Waals surface area contributed by atoms with Gasteiger partial charge in [-0.2, -0.15) is 0 Å². The zero-order valence-electron chi connectivity index (χ0n) is 11.5. The van der Waals surface area contributed by atoms with Crippen molar-refractivity contribution in [1.82, 2.24) is 9.97 Å². The van der Waals surface area contributed by atoms with Crippen LogP contribution < -0.4 is 9.47 Å². The summed E-state index contributed by atoms with van der Waals surface area (Å²) in [6.07, 6.45) is 1.45. The first-order valence-electron chi connectivity index (χ1n) is 6.24. The minimum Gasteiger partial charge on any atom is -0.497 e. The molecule has 3 rings (SSSR count). The Hall–Kier alpha value is -2.47. The van der Waals surface area contributed by atoms with E-state index in [1.807, 2.05) is 11.4 Å². The molecule has 106 valence electrons. The molecule has 1 aromatic carbocycles. The Morgan fingerprint density at radius 1 is 1.24 bits per heavy atom. The number of methoxy groups -OCH3 is 1. The summed E-state index contributed by atoms with van der Waals surface area (Å²) in [5.41, 5.74) is 0.484. The number of nitrogens with zero attached hydrogens (tertiary/aromatic N) is 2. The summed E-state index contributed by atoms with van der Waals surface area (Å²) < 4.78 is 11.0. The lowest BCUT2D eigenvalue weighted by molar-refractivity contribution is 0.101. The average Bonchev–Trinajstić information content (AvgIpc) is 2.96. The van der Waals surface area contributed by atoms with E-state index in [0.29, 0.717) is 22.9 Å². The summed E-state index contributed by atoms with van der Waals surface area (Å²) in [7, 11) is 1.56. The monoisotopic (exact) mass is 300 g/mol. The largest absolute Gasteiger partial charge is 0.497 e. The van der Waals surface area contributed by atoms with E-state index in [1.54, 1.807) is 25.3 Å². The molecule has 0 saturated heterocycles. The van der Waals surface area contributed by atoms with Gasteiger partial charge in [-0.15, -0.1) is 11.3 Å². The maximum Gasteiger partial charge on any atom is 0.231 e. The van der Waals surface area contributed by atoms with E-state index >= 15 is 0 Å². The molecule has 5 nitrogen and oxygen atoms in total. The Morgan fingerprint density at radius 3 is 2.86 bits per heavy atom. The van der Waals surface area contributed by atoms with Crippen LogP contribution in [0.5, 0.6) is 17.4 Å². The topological polar surface area (TPSA) is 61.3 Å². The zero-order chi connectivity index (χ0) is 14.8. The third-order valence-electron chi connectivity index (χ3n) is 3.00. The van der Waals surface area contributed by atoms with Gasteiger partial charge >= 0.3 is 0 Å². The van der Waals surface area contributed by atoms with Gasteiger partial charge in [-0.05, 0) is 30.5 Å². The van der Waals surface area contributed by atoms with Crippen LogP contribution >= 0.6 is 11.3 Å². The molecule has 0 fully saturated rings. The molecule has 0 spiro atoms. The molecule has 21 heavy (non-hydrogen) atoms. The minimum atomic E-state index is -0.0803. The average molecular weight is 300 g/mol. The van der Waals surface area contributed by atoms with Gasteiger partial charge in [0.2, 0.25) is 5.88 Å². The van der Waals surface area contributed by atoms with Crippen LogP contribution in [0.25, 0.3) is 10.2 Å². The first kappa shape index (κ1) is 13.5. The number of carbonyl (C=O) groups is 1. The highest BCUT2D eigenvalue weighted by Gasteiger charge is 2.14. The molecular formula is C15H12N2O3S. The fraction of sp³-hybridized carbons (Fsp3) is 0.133. The number of hydrogen-bond acceptors (Lipinski definition) is 6. The van der Waals surface area contributed by atoms with Crippen LogP contribution in [0.3, 0.4) is 0 Å². The van der Waals surface area contributed by atoms with Crippen molar-refractivity contribution in [2.45, 2.75) is 6.92 Å². The predicted octanol–water partition coefficient (Wildman–Crippen LogP) is 3.69. The number of Topliss-reactive ketones (excluding diaryl/α,β-unsaturated/α-hetero) is 1. The number of carbonyl (C=O) groups excluding carboxylic acids is 1. The Morgan fingerprint density at radius 2 is 2.10 bits per heavy atom. The summed E-state index contributed by atoms with van der Waals surface area (Å²) in [5.74, 6) is 1.39. The molecule has 2 heterocycles. The molecule has 6 heteroatoms. The van der Waals surface area contributed by atoms with E-state index in [4.69, 9.17) is 9.47 Å². The van der Waals surface area contributed by atoms with Crippen molar-refractivity contribution < 1.29 is 14.3 Å². The molecule has 0 N–H and O–H groups in total. The number of benzene rings is 1. The first-order valence-corrected chi connectivity index (χ1v) is 7.12. The molecule has 0 aliphatic heterocycles. The van der Waals surface area contributed by atoms with Crippen LogP contribution in [0.2, 0.25) is 0 Å². The van der Waals surface area contributed by atoms with E-state index in [0.717, 1.165) is 10.2 Å². The molecular weight excluding hydrogens is 288 g/mol. The van der Waals surface area contributed by atoms with Crippen molar-refractivity contribution in [1.29, 1.82) is 0 Å². The van der Waals surface area contributed by atoms with Crippen LogP contribution in [0, 0.1) is 0 Å². The molecule has 0 aliphatic rings. The van der Waals surface area contributed by atoms with Crippen LogP contribution in [0.1, 0.15) is 17.3 Å². The second-order valence-electron chi connectivity index (χ2n) is 4.34. The smallest absolute Gasteiger partial charge is 0.231 e. The van der Waals surface area contributed by atoms with Gasteiger partial charge in [0.15, 0.2) is 5.78 Å². The SMILES string of the molecule is COc1ccc(C(C)=O)c(Oc2ncnc3sccc23)c1. The van der Waals surface area contributed by atoms with Gasteiger partial charge in [0.25, 0.3) is 0 Å². The van der Waals surface area contributed by atoms with Gasteiger partial charge in [0.1, 0.15) is 22.7 Å². The van der Waals surface area contributed by atoms with Crippen LogP contribution in [-0.4, -0.2) is 22.9 Å². The van der Waals surface area contributed by atoms with Crippen LogP contribution in [-0.2, 0) is 0 Å². The third-order valence-corrected chi connectivity index (χ3v) is 3.82. The van der Waals surface area contributed by atoms with Gasteiger partial charge in [0.05, 0.1) is 18.1 Å². The summed E-state index contributed by atoms with van der Waals surface area (Å²) >= 11 is 1.51. The molecule has 0 bridgehead atoms. The maximum atomic E-state index is 11.7. The lowest BCUT2D eigenvalue weighted by Crippen LogP contribution is -1.99. The summed E-state index contributed by atoms with van der Waals surface area (Å²) in [4.78, 5) is 20.9. The number of hydrogen-bond donors (Lipinski definition) is 0. The van der Waals surface area contributed by atoms with Crippen molar-refractivity contribution in [2.75, 3.05) is 7.11 Å². The fourth-order valence-electron chi connectivity index (χ4n) is 1.96. The molecule has 2 aromatic heterocycles. The van der Waals surface area contributed by atoms with Crippen molar-refractivity contribution in [3.05, 3.63) is 41.5 Å². The van der Waals surface area contributed by atoms with Gasteiger partial charge in [-0.1, -0.05) is 0 Å². The fourth-order valence-corrected chi connectivity index (χ4v) is 2.68. The molecule has 0 saturated carbocycles. The zero-order valence-corrected chi connectivity index (χ0v) is 12.3. The second kappa shape index (κ2) is 5.49. The lowest BCUT2D eigenvalue weighted by Gasteiger charge is -2.10. The highest BCUT2D eigenvalue weighted by molar-refractivity contribution is 7.16. The van der Waals surface area contributed by atoms with E-state index < -0.39 is 0 Å². The molecule has 0 unspecified atom stereocenters. The molecule has 0 amide bonds. The van der Waals surface area contributed by atoms with Crippen LogP contribution in [0.4, 0.5) is 0 Å². The summed E-state index contributed by atoms with van der Waals surface area (Å²) in [6, 6.07) is 6.98. The molecule has 0 aliphatic carbocycles. The predicted molar refractivity (Wildman–Crippen MR) is 80.5 cm³/mol. The minimum absolute atomic E-state index is 0.0803. The number of aromatic nitrogens is 2. The Labute approximate surface area is 125 Å². The molecule has 0 atom stereocenters. The van der Waals surface area contributed by atoms with E-state index in [1.165, 1.54) is 24.6 Å². The number of ether oxygens (including phenoxy) is 2. The first-order chi connectivity index (χ1) is 10.2. The number of thiophene rings is 1. The Balaban J connectivity index is 2.08. The number of rotatable bonds is 4. The van der Waals surface area contributed by atoms with Gasteiger partial charge in [-0.25, -0.2) is 9.97 Å². The van der Waals surface area contributed by atoms with Gasteiger partial charge < -0.3 is 9.47 Å². The lowest BCUT2D eigenvalue weighted by atomic mass is 10.1. The summed E-state index contributed by atoms with van der Waals surface area (Å²) in [6.45, 7) is 1.49. The Bertz CT molecular complexity index is 814. The molecule has 3 aromatic rings. The summed E-state index contributed by atoms with van der Waals surface area (Å²) in [5, 5.41) is 2.74. The maximum absolute atomic E-state index is 11.7. The van der Waals surface area contributed by atoms with Crippen molar-refractivity contribution >= 4 is 27.3 Å². The van der Waals surface area contributed by atoms with E-state index in [2.05, 4.69) is 9.97 Å².